The predicted octanol–water partition coefficient (Wildman–Crippen LogP) is 17.0. The normalized spacial score (nSPS) is 11.7. The molecule has 0 spiro atoms. The van der Waals surface area contributed by atoms with Gasteiger partial charge in [-0.05, 0) is 109 Å². The third-order valence-electron chi connectivity index (χ3n) is 10.4. The zero-order valence-corrected chi connectivity index (χ0v) is 36.3. The Kier molecular flexibility index (Phi) is 12.8. The Morgan fingerprint density at radius 1 is 0.424 bits per heavy atom. The van der Waals surface area contributed by atoms with Crippen molar-refractivity contribution in [2.45, 2.75) is 78.1 Å². The highest BCUT2D eigenvalue weighted by Gasteiger charge is 2.23. The number of nitrogens with zero attached hydrogens (tertiary/aromatic N) is 2. The highest BCUT2D eigenvalue weighted by Crippen LogP contribution is 2.48. The van der Waals surface area contributed by atoms with E-state index in [0.29, 0.717) is 20.9 Å². The van der Waals surface area contributed by atoms with Crippen LogP contribution in [0.25, 0.3) is 72.3 Å². The topological polar surface area (TPSA) is 25.8 Å². The smallest absolute Gasteiger partial charge is 0.194 e. The summed E-state index contributed by atoms with van der Waals surface area (Å²) in [6, 6.07) is 20.4. The summed E-state index contributed by atoms with van der Waals surface area (Å²) < 4.78 is 93.8. The van der Waals surface area contributed by atoms with Crippen LogP contribution in [0.5, 0.6) is 0 Å². The largest absolute Gasteiger partial charge is 0.204 e. The van der Waals surface area contributed by atoms with Crippen LogP contribution in [0.15, 0.2) is 72.8 Å². The zero-order chi connectivity index (χ0) is 41.2. The molecule has 0 radical (unpaired) electrons. The molecular weight excluding hydrogens is 855 g/mol. The minimum absolute atomic E-state index is 0.295. The van der Waals surface area contributed by atoms with Gasteiger partial charge in [0.1, 0.15) is 11.0 Å². The number of halogens is 6. The Morgan fingerprint density at radius 2 is 0.814 bits per heavy atom. The molecule has 0 aliphatic heterocycles. The molecular formula is C46H38F6N2S5. The third-order valence-corrected chi connectivity index (χ3v) is 15.9. The van der Waals surface area contributed by atoms with E-state index in [4.69, 9.17) is 8.75 Å². The second-order valence-electron chi connectivity index (χ2n) is 14.5. The van der Waals surface area contributed by atoms with Gasteiger partial charge >= 0.3 is 0 Å². The standard InChI is InChI=1S/C46H38F6N2S5/c1-3-5-7-9-11-25-23-39(57-45(25)37-17-15-35(55-37)27-19-31(47)41(51)32(48)20-27)29-13-14-30(44-43(29)53-59-54-44)40-24-26(12-10-8-6-4-2)46(58-40)38-18-16-36(56-38)28-21-33(49)42(52)34(50)22-28/h13-24H,3-12H2,1-2H3. The van der Waals surface area contributed by atoms with Crippen molar-refractivity contribution in [3.05, 3.63) is 119 Å². The van der Waals surface area contributed by atoms with Gasteiger partial charge in [-0.15, -0.1) is 45.3 Å². The van der Waals surface area contributed by atoms with Crippen molar-refractivity contribution in [2.24, 2.45) is 0 Å². The van der Waals surface area contributed by atoms with E-state index in [-0.39, 0.29) is 0 Å². The van der Waals surface area contributed by atoms with Crippen molar-refractivity contribution < 1.29 is 26.3 Å². The number of aryl methyl sites for hydroxylation is 2. The summed E-state index contributed by atoms with van der Waals surface area (Å²) in [6.07, 6.45) is 10.6. The van der Waals surface area contributed by atoms with E-state index in [2.05, 4.69) is 38.1 Å². The number of unbranched alkanes of at least 4 members (excludes halogenated alkanes) is 6. The fourth-order valence-corrected chi connectivity index (χ4v) is 12.6. The molecule has 2 nitrogen and oxygen atoms in total. The van der Waals surface area contributed by atoms with Gasteiger partial charge < -0.3 is 0 Å². The Bertz CT molecular complexity index is 2520. The molecule has 59 heavy (non-hydrogen) atoms. The van der Waals surface area contributed by atoms with Gasteiger partial charge in [0, 0.05) is 50.1 Å². The number of thiophene rings is 4. The lowest BCUT2D eigenvalue weighted by atomic mass is 10.0. The zero-order valence-electron chi connectivity index (χ0n) is 32.2. The van der Waals surface area contributed by atoms with Crippen molar-refractivity contribution in [2.75, 3.05) is 0 Å². The van der Waals surface area contributed by atoms with E-state index in [1.54, 1.807) is 22.7 Å². The summed E-state index contributed by atoms with van der Waals surface area (Å²) in [6.45, 7) is 4.37. The monoisotopic (exact) mass is 892 g/mol. The fraction of sp³-hybridized carbons (Fsp3) is 0.261. The number of fused-ring (bicyclic) bond motifs is 1. The van der Waals surface area contributed by atoms with E-state index in [0.717, 1.165) is 140 Å². The first-order valence-corrected chi connectivity index (χ1v) is 23.6. The highest BCUT2D eigenvalue weighted by atomic mass is 32.1. The lowest BCUT2D eigenvalue weighted by molar-refractivity contribution is 0.447. The molecule has 3 aromatic carbocycles. The molecule has 0 amide bonds. The molecule has 8 aromatic rings. The van der Waals surface area contributed by atoms with Gasteiger partial charge in [-0.1, -0.05) is 64.5 Å². The maximum Gasteiger partial charge on any atom is 0.194 e. The molecule has 0 unspecified atom stereocenters. The Hall–Kier alpha value is -4.14. The van der Waals surface area contributed by atoms with Crippen LogP contribution in [0.4, 0.5) is 26.3 Å². The Morgan fingerprint density at radius 3 is 1.20 bits per heavy atom. The second-order valence-corrected chi connectivity index (χ2v) is 19.3. The van der Waals surface area contributed by atoms with Gasteiger partial charge in [0.25, 0.3) is 0 Å². The Labute approximate surface area is 359 Å². The molecule has 8 rings (SSSR count). The van der Waals surface area contributed by atoms with Crippen molar-refractivity contribution in [1.29, 1.82) is 0 Å². The molecule has 13 heteroatoms. The van der Waals surface area contributed by atoms with Gasteiger partial charge in [0.15, 0.2) is 34.9 Å². The second kappa shape index (κ2) is 18.2. The lowest BCUT2D eigenvalue weighted by Crippen LogP contribution is -1.90. The van der Waals surface area contributed by atoms with Crippen LogP contribution in [0, 0.1) is 34.9 Å². The van der Waals surface area contributed by atoms with Crippen LogP contribution in [0.2, 0.25) is 0 Å². The number of hydrogen-bond donors (Lipinski definition) is 0. The lowest BCUT2D eigenvalue weighted by Gasteiger charge is -2.03. The minimum Gasteiger partial charge on any atom is -0.204 e. The molecule has 5 aromatic heterocycles. The third kappa shape index (κ3) is 8.72. The molecule has 0 saturated heterocycles. The van der Waals surface area contributed by atoms with Crippen LogP contribution in [0.3, 0.4) is 0 Å². The first-order valence-electron chi connectivity index (χ1n) is 19.6. The van der Waals surface area contributed by atoms with E-state index >= 15 is 0 Å². The molecule has 0 saturated carbocycles. The molecule has 5 heterocycles. The van der Waals surface area contributed by atoms with Gasteiger partial charge in [-0.2, -0.15) is 8.75 Å². The number of benzene rings is 3. The summed E-state index contributed by atoms with van der Waals surface area (Å²) in [4.78, 5) is 7.52. The molecule has 0 aliphatic rings. The predicted molar refractivity (Wildman–Crippen MR) is 237 cm³/mol. The Balaban J connectivity index is 1.15. The average molecular weight is 893 g/mol. The first kappa shape index (κ1) is 41.6. The molecule has 304 valence electrons. The number of hydrogen-bond acceptors (Lipinski definition) is 7. The van der Waals surface area contributed by atoms with Gasteiger partial charge in [-0.3, -0.25) is 0 Å². The van der Waals surface area contributed by atoms with Crippen molar-refractivity contribution in [3.8, 4) is 61.3 Å². The number of rotatable bonds is 16. The van der Waals surface area contributed by atoms with Crippen LogP contribution >= 0.6 is 57.1 Å². The van der Waals surface area contributed by atoms with Crippen LogP contribution in [-0.2, 0) is 12.8 Å². The van der Waals surface area contributed by atoms with Crippen molar-refractivity contribution in [1.82, 2.24) is 8.75 Å². The van der Waals surface area contributed by atoms with E-state index in [9.17, 15) is 26.3 Å². The summed E-state index contributed by atoms with van der Waals surface area (Å²) >= 11 is 7.35. The molecule has 0 N–H and O–H groups in total. The minimum atomic E-state index is -1.48. The van der Waals surface area contributed by atoms with Gasteiger partial charge in [0.05, 0.1) is 11.7 Å². The average Bonchev–Trinajstić information content (AvgIpc) is 4.08. The summed E-state index contributed by atoms with van der Waals surface area (Å²) in [5, 5.41) is 0. The van der Waals surface area contributed by atoms with Gasteiger partial charge in [-0.25, -0.2) is 26.3 Å². The maximum absolute atomic E-state index is 14.2. The summed E-state index contributed by atoms with van der Waals surface area (Å²) in [7, 11) is 0. The van der Waals surface area contributed by atoms with Crippen LogP contribution < -0.4 is 0 Å². The molecule has 0 bridgehead atoms. The summed E-state index contributed by atoms with van der Waals surface area (Å²) in [5.74, 6) is -7.81. The SMILES string of the molecule is CCCCCCc1cc(-c2ccc(-c3cc(CCCCCC)c(-c4ccc(-c5cc(F)c(F)c(F)c5)s4)s3)c3nsnc23)sc1-c1ccc(-c2cc(F)c(F)c(F)c2)s1. The highest BCUT2D eigenvalue weighted by molar-refractivity contribution is 7.26. The number of aromatic nitrogens is 2. The van der Waals surface area contributed by atoms with Crippen LogP contribution in [0.1, 0.15) is 76.3 Å². The van der Waals surface area contributed by atoms with E-state index in [1.165, 1.54) is 45.5 Å². The maximum atomic E-state index is 14.2. The molecule has 0 atom stereocenters. The molecule has 0 fully saturated rings. The van der Waals surface area contributed by atoms with E-state index < -0.39 is 34.9 Å². The fourth-order valence-electron chi connectivity index (χ4n) is 7.29. The van der Waals surface area contributed by atoms with Crippen LogP contribution in [-0.4, -0.2) is 8.75 Å². The van der Waals surface area contributed by atoms with Crippen molar-refractivity contribution in [3.63, 3.8) is 0 Å². The quantitative estimate of drug-likeness (QED) is 0.0549. The summed E-state index contributed by atoms with van der Waals surface area (Å²) in [5.41, 5.74) is 6.54. The van der Waals surface area contributed by atoms with E-state index in [1.807, 2.05) is 24.3 Å². The first-order chi connectivity index (χ1) is 28.6. The van der Waals surface area contributed by atoms with Crippen molar-refractivity contribution >= 4 is 68.1 Å². The molecule has 0 aliphatic carbocycles. The van der Waals surface area contributed by atoms with Gasteiger partial charge in [0.2, 0.25) is 0 Å².